The average Bonchev–Trinajstić information content (AvgIpc) is 2.50. The van der Waals surface area contributed by atoms with Crippen LogP contribution in [0.25, 0.3) is 0 Å². The molecule has 1 aromatic rings. The molecule has 0 heterocycles. The maximum absolute atomic E-state index is 12.3. The average molecular weight is 318 g/mol. The number of carbonyl (C=O) groups excluding carboxylic acids is 1. The van der Waals surface area contributed by atoms with E-state index in [0.717, 1.165) is 18.6 Å². The van der Waals surface area contributed by atoms with E-state index in [0.29, 0.717) is 23.0 Å². The summed E-state index contributed by atoms with van der Waals surface area (Å²) < 4.78 is 10.4. The molecule has 0 aliphatic heterocycles. The van der Waals surface area contributed by atoms with Crippen LogP contribution in [0.1, 0.15) is 50.4 Å². The van der Waals surface area contributed by atoms with Gasteiger partial charge in [-0.1, -0.05) is 20.8 Å². The van der Waals surface area contributed by atoms with Crippen molar-refractivity contribution in [3.63, 3.8) is 0 Å². The monoisotopic (exact) mass is 318 g/mol. The molecule has 5 heteroatoms. The molecule has 2 rings (SSSR count). The number of methoxy groups -OCH3 is 2. The molecule has 5 nitrogen and oxygen atoms in total. The van der Waals surface area contributed by atoms with Crippen LogP contribution in [0.3, 0.4) is 0 Å². The summed E-state index contributed by atoms with van der Waals surface area (Å²) in [4.78, 5) is 12.3. The van der Waals surface area contributed by atoms with Gasteiger partial charge in [0.15, 0.2) is 0 Å². The number of nitrogens with one attached hydrogen (secondary N) is 1. The minimum Gasteiger partial charge on any atom is -0.497 e. The van der Waals surface area contributed by atoms with Crippen LogP contribution < -0.4 is 14.9 Å². The summed E-state index contributed by atoms with van der Waals surface area (Å²) in [5.74, 6) is 1.49. The maximum Gasteiger partial charge on any atom is 0.271 e. The van der Waals surface area contributed by atoms with Crippen LogP contribution in [0.15, 0.2) is 23.3 Å². The van der Waals surface area contributed by atoms with Gasteiger partial charge in [0.05, 0.1) is 14.2 Å². The normalized spacial score (nSPS) is 21.8. The molecular weight excluding hydrogens is 292 g/mol. The molecule has 0 unspecified atom stereocenters. The molecule has 1 N–H and O–H groups in total. The second kappa shape index (κ2) is 7.02. The zero-order valence-corrected chi connectivity index (χ0v) is 14.6. The Bertz CT molecular complexity index is 586. The Morgan fingerprint density at radius 3 is 2.35 bits per heavy atom. The maximum atomic E-state index is 12.3. The molecule has 1 atom stereocenters. The van der Waals surface area contributed by atoms with Crippen molar-refractivity contribution in [3.8, 4) is 11.5 Å². The van der Waals surface area contributed by atoms with Gasteiger partial charge in [0, 0.05) is 17.3 Å². The van der Waals surface area contributed by atoms with E-state index in [4.69, 9.17) is 9.47 Å². The Kier molecular flexibility index (Phi) is 5.29. The molecule has 0 bridgehead atoms. The van der Waals surface area contributed by atoms with Crippen molar-refractivity contribution >= 4 is 11.6 Å². The molecule has 1 amide bonds. The number of rotatable bonds is 4. The quantitative estimate of drug-likeness (QED) is 0.862. The van der Waals surface area contributed by atoms with E-state index in [1.165, 1.54) is 6.42 Å². The van der Waals surface area contributed by atoms with Gasteiger partial charge < -0.3 is 9.47 Å². The van der Waals surface area contributed by atoms with Gasteiger partial charge >= 0.3 is 0 Å². The first-order chi connectivity index (χ1) is 10.8. The third kappa shape index (κ3) is 4.71. The molecule has 23 heavy (non-hydrogen) atoms. The summed E-state index contributed by atoms with van der Waals surface area (Å²) in [5, 5.41) is 4.35. The molecule has 0 radical (unpaired) electrons. The minimum absolute atomic E-state index is 0.237. The Balaban J connectivity index is 2.11. The van der Waals surface area contributed by atoms with Crippen LogP contribution in [-0.4, -0.2) is 25.8 Å². The second-order valence-electron chi connectivity index (χ2n) is 7.07. The number of benzene rings is 1. The van der Waals surface area contributed by atoms with Crippen molar-refractivity contribution in [2.75, 3.05) is 14.2 Å². The van der Waals surface area contributed by atoms with Crippen LogP contribution in [0.4, 0.5) is 0 Å². The summed E-state index contributed by atoms with van der Waals surface area (Å²) >= 11 is 0. The Labute approximate surface area is 138 Å². The molecule has 0 saturated heterocycles. The lowest BCUT2D eigenvalue weighted by Gasteiger charge is -2.34. The molecule has 0 spiro atoms. The van der Waals surface area contributed by atoms with E-state index >= 15 is 0 Å². The van der Waals surface area contributed by atoms with Crippen LogP contribution in [0.2, 0.25) is 0 Å². The van der Waals surface area contributed by atoms with E-state index in [1.54, 1.807) is 32.4 Å². The first kappa shape index (κ1) is 17.3. The van der Waals surface area contributed by atoms with Gasteiger partial charge in [0.1, 0.15) is 11.5 Å². The van der Waals surface area contributed by atoms with E-state index in [9.17, 15) is 4.79 Å². The number of carbonyl (C=O) groups is 1. The fourth-order valence-corrected chi connectivity index (χ4v) is 3.33. The molecule has 1 aliphatic rings. The molecule has 0 aromatic heterocycles. The highest BCUT2D eigenvalue weighted by Crippen LogP contribution is 2.36. The standard InChI is InChI=1S/C18H26N2O3/c1-12-6-14(11-18(2,3)10-12)19-20-17(21)13-7-15(22-4)9-16(8-13)23-5/h7-9,12H,6,10-11H2,1-5H3,(H,20,21)/b19-14-/t12-/m1/s1. The summed E-state index contributed by atoms with van der Waals surface area (Å²) in [5.41, 5.74) is 4.42. The molecule has 1 saturated carbocycles. The third-order valence-electron chi connectivity index (χ3n) is 4.10. The van der Waals surface area contributed by atoms with E-state index in [2.05, 4.69) is 31.3 Å². The minimum atomic E-state index is -0.259. The van der Waals surface area contributed by atoms with Crippen molar-refractivity contribution in [1.29, 1.82) is 0 Å². The van der Waals surface area contributed by atoms with Crippen molar-refractivity contribution in [1.82, 2.24) is 5.43 Å². The van der Waals surface area contributed by atoms with Gasteiger partial charge in [-0.05, 0) is 42.7 Å². The largest absolute Gasteiger partial charge is 0.497 e. The molecule has 126 valence electrons. The number of nitrogens with zero attached hydrogens (tertiary/aromatic N) is 1. The van der Waals surface area contributed by atoms with Gasteiger partial charge in [-0.2, -0.15) is 5.10 Å². The lowest BCUT2D eigenvalue weighted by atomic mass is 9.72. The predicted molar refractivity (Wildman–Crippen MR) is 91.2 cm³/mol. The fraction of sp³-hybridized carbons (Fsp3) is 0.556. The number of hydrazone groups is 1. The molecule has 1 aliphatic carbocycles. The number of hydrogen-bond donors (Lipinski definition) is 1. The number of ether oxygens (including phenoxy) is 2. The SMILES string of the molecule is COc1cc(OC)cc(C(=O)N/N=C2/C[C@@H](C)CC(C)(C)C2)c1. The smallest absolute Gasteiger partial charge is 0.271 e. The highest BCUT2D eigenvalue weighted by atomic mass is 16.5. The first-order valence-electron chi connectivity index (χ1n) is 7.92. The number of amides is 1. The molecular formula is C18H26N2O3. The van der Waals surface area contributed by atoms with E-state index in [1.807, 2.05) is 0 Å². The van der Waals surface area contributed by atoms with Crippen molar-refractivity contribution in [2.45, 2.75) is 40.0 Å². The van der Waals surface area contributed by atoms with E-state index in [-0.39, 0.29) is 11.3 Å². The Hall–Kier alpha value is -2.04. The Morgan fingerprint density at radius 2 is 1.83 bits per heavy atom. The highest BCUT2D eigenvalue weighted by Gasteiger charge is 2.29. The molecule has 1 fully saturated rings. The summed E-state index contributed by atoms with van der Waals surface area (Å²) in [6.07, 6.45) is 3.04. The van der Waals surface area contributed by atoms with Gasteiger partial charge in [0.2, 0.25) is 0 Å². The lowest BCUT2D eigenvalue weighted by Crippen LogP contribution is -2.30. The van der Waals surface area contributed by atoms with E-state index < -0.39 is 0 Å². The lowest BCUT2D eigenvalue weighted by molar-refractivity contribution is 0.0953. The van der Waals surface area contributed by atoms with Crippen molar-refractivity contribution in [2.24, 2.45) is 16.4 Å². The van der Waals surface area contributed by atoms with Gasteiger partial charge in [0.25, 0.3) is 5.91 Å². The zero-order valence-electron chi connectivity index (χ0n) is 14.6. The van der Waals surface area contributed by atoms with Crippen LogP contribution in [0.5, 0.6) is 11.5 Å². The van der Waals surface area contributed by atoms with Gasteiger partial charge in [-0.15, -0.1) is 0 Å². The van der Waals surface area contributed by atoms with Crippen molar-refractivity contribution in [3.05, 3.63) is 23.8 Å². The summed E-state index contributed by atoms with van der Waals surface area (Å²) in [7, 11) is 3.12. The summed E-state index contributed by atoms with van der Waals surface area (Å²) in [6.45, 7) is 6.71. The molecule has 1 aromatic carbocycles. The van der Waals surface area contributed by atoms with Gasteiger partial charge in [-0.25, -0.2) is 5.43 Å². The van der Waals surface area contributed by atoms with Crippen molar-refractivity contribution < 1.29 is 14.3 Å². The Morgan fingerprint density at radius 1 is 1.22 bits per heavy atom. The summed E-state index contributed by atoms with van der Waals surface area (Å²) in [6, 6.07) is 5.07. The predicted octanol–water partition coefficient (Wildman–Crippen LogP) is 3.64. The topological polar surface area (TPSA) is 59.9 Å². The third-order valence-corrected chi connectivity index (χ3v) is 4.10. The highest BCUT2D eigenvalue weighted by molar-refractivity contribution is 5.96. The van der Waals surface area contributed by atoms with Crippen LogP contribution in [-0.2, 0) is 0 Å². The first-order valence-corrected chi connectivity index (χ1v) is 7.92. The second-order valence-corrected chi connectivity index (χ2v) is 7.07. The van der Waals surface area contributed by atoms with Gasteiger partial charge in [-0.3, -0.25) is 4.79 Å². The van der Waals surface area contributed by atoms with Crippen LogP contribution in [0, 0.1) is 11.3 Å². The van der Waals surface area contributed by atoms with Crippen LogP contribution >= 0.6 is 0 Å². The number of hydrogen-bond acceptors (Lipinski definition) is 4. The zero-order chi connectivity index (χ0) is 17.0. The fourth-order valence-electron chi connectivity index (χ4n) is 3.33.